The lowest BCUT2D eigenvalue weighted by Gasteiger charge is -2.45. The Morgan fingerprint density at radius 1 is 1.00 bits per heavy atom. The molecule has 25 heavy (non-hydrogen) atoms. The average molecular weight is 371 g/mol. The van der Waals surface area contributed by atoms with Crippen LogP contribution < -0.4 is 0 Å². The number of rotatable bonds is 13. The molecule has 0 saturated heterocycles. The van der Waals surface area contributed by atoms with E-state index in [9.17, 15) is 0 Å². The van der Waals surface area contributed by atoms with Crippen LogP contribution >= 0.6 is 8.45 Å². The Labute approximate surface area is 156 Å². The van der Waals surface area contributed by atoms with E-state index in [1.165, 1.54) is 0 Å². The zero-order chi connectivity index (χ0) is 18.8. The van der Waals surface area contributed by atoms with Crippen LogP contribution in [-0.4, -0.2) is 34.0 Å². The molecule has 0 amide bonds. The van der Waals surface area contributed by atoms with Gasteiger partial charge in [-0.3, -0.25) is 0 Å². The van der Waals surface area contributed by atoms with Gasteiger partial charge < -0.3 is 8.94 Å². The summed E-state index contributed by atoms with van der Waals surface area (Å²) in [5.41, 5.74) is 0. The summed E-state index contributed by atoms with van der Waals surface area (Å²) in [4.78, 5) is 0. The molecule has 0 fully saturated rings. The van der Waals surface area contributed by atoms with Crippen LogP contribution in [0, 0.1) is 0 Å². The van der Waals surface area contributed by atoms with E-state index in [2.05, 4.69) is 57.8 Å². The Hall–Kier alpha value is -0.410. The molecular formula is C20H39N2O2P. The highest BCUT2D eigenvalue weighted by Crippen LogP contribution is 2.51. The number of hydrogen-bond donors (Lipinski definition) is 0. The highest BCUT2D eigenvalue weighted by atomic mass is 31.2. The second kappa shape index (κ2) is 12.1. The highest BCUT2D eigenvalue weighted by molar-refractivity contribution is 7.47. The molecule has 0 bridgehead atoms. The van der Waals surface area contributed by atoms with E-state index >= 15 is 0 Å². The molecule has 1 aromatic heterocycles. The van der Waals surface area contributed by atoms with E-state index in [1.54, 1.807) is 6.26 Å². The van der Waals surface area contributed by atoms with Gasteiger partial charge in [-0.1, -0.05) is 27.7 Å². The summed E-state index contributed by atoms with van der Waals surface area (Å²) in [5, 5.41) is 0. The second-order valence-corrected chi connectivity index (χ2v) is 8.66. The molecule has 0 radical (unpaired) electrons. The Bertz CT molecular complexity index is 431. The van der Waals surface area contributed by atoms with Gasteiger partial charge in [-0.25, -0.2) is 9.34 Å². The smallest absolute Gasteiger partial charge is 0.189 e. The quantitative estimate of drug-likeness (QED) is 0.374. The molecule has 0 aliphatic heterocycles. The Morgan fingerprint density at radius 2 is 1.60 bits per heavy atom. The van der Waals surface area contributed by atoms with Gasteiger partial charge in [0, 0.05) is 24.7 Å². The first-order chi connectivity index (χ1) is 12.0. The van der Waals surface area contributed by atoms with E-state index in [4.69, 9.17) is 8.94 Å². The Kier molecular flexibility index (Phi) is 10.9. The van der Waals surface area contributed by atoms with Crippen molar-refractivity contribution in [2.24, 2.45) is 0 Å². The maximum atomic E-state index is 6.56. The topological polar surface area (TPSA) is 28.9 Å². The normalized spacial score (nSPS) is 17.0. The highest BCUT2D eigenvalue weighted by Gasteiger charge is 2.34. The van der Waals surface area contributed by atoms with Crippen LogP contribution in [0.4, 0.5) is 0 Å². The molecule has 4 nitrogen and oxygen atoms in total. The minimum Gasteiger partial charge on any atom is -0.467 e. The predicted octanol–water partition coefficient (Wildman–Crippen LogP) is 6.43. The monoisotopic (exact) mass is 370 g/mol. The molecule has 4 unspecified atom stereocenters. The van der Waals surface area contributed by atoms with Gasteiger partial charge in [-0.05, 0) is 58.6 Å². The molecule has 0 spiro atoms. The van der Waals surface area contributed by atoms with Crippen LogP contribution in [0.1, 0.15) is 79.9 Å². The van der Waals surface area contributed by atoms with Gasteiger partial charge in [0.15, 0.2) is 8.45 Å². The fraction of sp³-hybridized carbons (Fsp3) is 0.800. The maximum Gasteiger partial charge on any atom is 0.189 e. The molecule has 1 rings (SSSR count). The molecule has 0 saturated carbocycles. The Balaban J connectivity index is 3.11. The summed E-state index contributed by atoms with van der Waals surface area (Å²) in [5.74, 6) is 0.904. The lowest BCUT2D eigenvalue weighted by atomic mass is 10.2. The molecule has 5 heteroatoms. The third-order valence-electron chi connectivity index (χ3n) is 4.96. The van der Waals surface area contributed by atoms with Crippen molar-refractivity contribution in [3.05, 3.63) is 24.2 Å². The summed E-state index contributed by atoms with van der Waals surface area (Å²) >= 11 is 0. The van der Waals surface area contributed by atoms with Crippen LogP contribution in [-0.2, 0) is 11.1 Å². The average Bonchev–Trinajstić information content (AvgIpc) is 3.15. The molecule has 4 atom stereocenters. The van der Waals surface area contributed by atoms with Crippen molar-refractivity contribution in [1.82, 2.24) is 9.34 Å². The predicted molar refractivity (Wildman–Crippen MR) is 109 cm³/mol. The summed E-state index contributed by atoms with van der Waals surface area (Å²) in [6, 6.07) is 5.44. The van der Waals surface area contributed by atoms with E-state index < -0.39 is 8.45 Å². The minimum absolute atomic E-state index is 0.501. The van der Waals surface area contributed by atoms with Crippen molar-refractivity contribution >= 4 is 8.45 Å². The van der Waals surface area contributed by atoms with E-state index in [0.717, 1.165) is 38.0 Å². The third-order valence-corrected chi connectivity index (χ3v) is 7.53. The van der Waals surface area contributed by atoms with Crippen molar-refractivity contribution in [3.63, 3.8) is 0 Å². The molecule has 0 N–H and O–H groups in total. The zero-order valence-corrected chi connectivity index (χ0v) is 18.3. The molecule has 1 heterocycles. The van der Waals surface area contributed by atoms with Crippen molar-refractivity contribution in [3.8, 4) is 0 Å². The summed E-state index contributed by atoms with van der Waals surface area (Å²) in [6.45, 7) is 17.7. The Morgan fingerprint density at radius 3 is 2.04 bits per heavy atom. The molecule has 1 aromatic rings. The van der Waals surface area contributed by atoms with E-state index in [-0.39, 0.29) is 0 Å². The molecule has 0 aromatic carbocycles. The van der Waals surface area contributed by atoms with Crippen LogP contribution in [0.15, 0.2) is 22.8 Å². The fourth-order valence-corrected chi connectivity index (χ4v) is 5.51. The maximum absolute atomic E-state index is 6.56. The number of nitrogens with zero attached hydrogens (tertiary/aromatic N) is 2. The molecule has 0 aliphatic rings. The zero-order valence-electron chi connectivity index (χ0n) is 17.4. The SMILES string of the molecule is CCCN(C(C)CC)P(OCc1ccco1)N(C(C)CC)C(C)CC. The second-order valence-electron chi connectivity index (χ2n) is 6.92. The van der Waals surface area contributed by atoms with Crippen molar-refractivity contribution < 1.29 is 8.94 Å². The first-order valence-electron chi connectivity index (χ1n) is 10.00. The third kappa shape index (κ3) is 6.67. The van der Waals surface area contributed by atoms with Crippen LogP contribution in [0.3, 0.4) is 0 Å². The molecule has 0 aliphatic carbocycles. The van der Waals surface area contributed by atoms with Crippen molar-refractivity contribution in [2.75, 3.05) is 6.54 Å². The summed E-state index contributed by atoms with van der Waals surface area (Å²) in [6.07, 6.45) is 6.27. The lowest BCUT2D eigenvalue weighted by molar-refractivity contribution is 0.170. The van der Waals surface area contributed by atoms with Gasteiger partial charge in [0.1, 0.15) is 12.4 Å². The molecular weight excluding hydrogens is 331 g/mol. The van der Waals surface area contributed by atoms with Gasteiger partial charge in [-0.2, -0.15) is 0 Å². The first-order valence-corrected chi connectivity index (χ1v) is 11.2. The minimum atomic E-state index is -0.827. The summed E-state index contributed by atoms with van der Waals surface area (Å²) < 4.78 is 17.3. The van der Waals surface area contributed by atoms with E-state index in [1.807, 2.05) is 12.1 Å². The van der Waals surface area contributed by atoms with Crippen LogP contribution in [0.25, 0.3) is 0 Å². The number of furan rings is 1. The fourth-order valence-electron chi connectivity index (χ4n) is 2.85. The van der Waals surface area contributed by atoms with Crippen LogP contribution in [0.2, 0.25) is 0 Å². The van der Waals surface area contributed by atoms with E-state index in [0.29, 0.717) is 24.7 Å². The van der Waals surface area contributed by atoms with Gasteiger partial charge in [0.25, 0.3) is 0 Å². The first kappa shape index (κ1) is 22.6. The van der Waals surface area contributed by atoms with Crippen LogP contribution in [0.5, 0.6) is 0 Å². The molecule has 146 valence electrons. The van der Waals surface area contributed by atoms with Gasteiger partial charge >= 0.3 is 0 Å². The number of hydrogen-bond acceptors (Lipinski definition) is 4. The van der Waals surface area contributed by atoms with Crippen molar-refractivity contribution in [2.45, 2.75) is 98.9 Å². The van der Waals surface area contributed by atoms with Gasteiger partial charge in [0.2, 0.25) is 0 Å². The largest absolute Gasteiger partial charge is 0.467 e. The summed E-state index contributed by atoms with van der Waals surface area (Å²) in [7, 11) is -0.827. The lowest BCUT2D eigenvalue weighted by Crippen LogP contribution is -2.43. The van der Waals surface area contributed by atoms with Gasteiger partial charge in [0.05, 0.1) is 6.26 Å². The van der Waals surface area contributed by atoms with Crippen molar-refractivity contribution in [1.29, 1.82) is 0 Å². The van der Waals surface area contributed by atoms with Gasteiger partial charge in [-0.15, -0.1) is 0 Å². The standard InChI is InChI=1S/C20H39N2O2P/c1-8-14-21(17(5)9-2)25(24-16-20-13-12-15-23-20)22(18(6)10-3)19(7)11-4/h12-13,15,17-19H,8-11,14,16H2,1-7H3.